The number of guanidine groups is 1. The Kier molecular flexibility index (Phi) is 16.8. The summed E-state index contributed by atoms with van der Waals surface area (Å²) >= 11 is 0. The largest absolute Gasteiger partial charge is 0.444 e. The number of likely N-dealkylation sites (tertiary alicyclic amines) is 2. The maximum atomic E-state index is 14.7. The fourth-order valence-corrected chi connectivity index (χ4v) is 8.13. The summed E-state index contributed by atoms with van der Waals surface area (Å²) in [5.74, 6) is -3.24. The molecule has 11 N–H and O–H groups in total. The SMILES string of the molecule is C[C@H](NC(=O)[C@H](CCCN=C(N)N)NC(=O)OC(C)(C)C)C(=O)N[C@H](Cc1c[nH]c2ccccc12)C(=O)N[C@@H](Cc1ccccc1)C(=O)N1CCC[C@@H]1C(=O)N1CCC[C@H]1C(=O)CN. The van der Waals surface area contributed by atoms with Crippen LogP contribution in [-0.2, 0) is 46.3 Å². The van der Waals surface area contributed by atoms with E-state index in [1.165, 1.54) is 16.7 Å². The Morgan fingerprint density at radius 2 is 1.44 bits per heavy atom. The Morgan fingerprint density at radius 1 is 0.797 bits per heavy atom. The maximum absolute atomic E-state index is 14.7. The number of rotatable bonds is 19. The molecule has 19 heteroatoms. The molecule has 0 aliphatic carbocycles. The molecule has 2 aliphatic rings. The molecule has 3 heterocycles. The van der Waals surface area contributed by atoms with Crippen molar-refractivity contribution in [2.45, 2.75) is 121 Å². The number of benzene rings is 2. The second kappa shape index (κ2) is 22.2. The maximum Gasteiger partial charge on any atom is 0.408 e. The summed E-state index contributed by atoms with van der Waals surface area (Å²) in [6.45, 7) is 7.11. The Hall–Kier alpha value is -6.50. The van der Waals surface area contributed by atoms with Crippen LogP contribution in [0.1, 0.15) is 77.3 Å². The zero-order chi connectivity index (χ0) is 46.6. The summed E-state index contributed by atoms with van der Waals surface area (Å²) in [6.07, 6.45) is 3.48. The highest BCUT2D eigenvalue weighted by atomic mass is 16.6. The smallest absolute Gasteiger partial charge is 0.408 e. The number of Topliss-reactive ketones (excluding diaryl/α,β-unsaturated/α-hetero) is 1. The highest BCUT2D eigenvalue weighted by Crippen LogP contribution is 2.27. The molecule has 1 aromatic heterocycles. The summed E-state index contributed by atoms with van der Waals surface area (Å²) in [7, 11) is 0. The lowest BCUT2D eigenvalue weighted by Crippen LogP contribution is -2.60. The van der Waals surface area contributed by atoms with E-state index in [0.717, 1.165) is 16.5 Å². The molecular formula is C45H63N11O8. The van der Waals surface area contributed by atoms with Crippen LogP contribution >= 0.6 is 0 Å². The predicted octanol–water partition coefficient (Wildman–Crippen LogP) is 0.884. The minimum Gasteiger partial charge on any atom is -0.444 e. The third kappa shape index (κ3) is 13.3. The molecule has 2 saturated heterocycles. The van der Waals surface area contributed by atoms with Crippen LogP contribution < -0.4 is 38.5 Å². The number of fused-ring (bicyclic) bond motifs is 1. The Morgan fingerprint density at radius 3 is 2.12 bits per heavy atom. The van der Waals surface area contributed by atoms with Gasteiger partial charge in [0.05, 0.1) is 12.6 Å². The number of H-pyrrole nitrogens is 1. The van der Waals surface area contributed by atoms with Crippen molar-refractivity contribution >= 4 is 58.3 Å². The summed E-state index contributed by atoms with van der Waals surface area (Å²) < 4.78 is 5.36. The molecule has 0 bridgehead atoms. The van der Waals surface area contributed by atoms with Crippen molar-refractivity contribution in [1.82, 2.24) is 36.1 Å². The summed E-state index contributed by atoms with van der Waals surface area (Å²) in [4.78, 5) is 106. The van der Waals surface area contributed by atoms with E-state index in [4.69, 9.17) is 21.9 Å². The number of para-hydroxylation sites is 1. The first kappa shape index (κ1) is 48.5. The standard InChI is InChI=1S/C45H63N11O8/c1-27(51-39(59)32(17-10-20-49-43(47)48)54-44(63)64-45(2,3)4)38(58)52-33(24-29-26-50-31-16-9-8-15-30(29)31)40(60)53-34(23-28-13-6-5-7-14-28)41(61)56-22-12-19-36(56)42(62)55-21-11-18-35(55)37(57)25-46/h5-9,13-16,26-27,32-36,50H,10-12,17-25,46H2,1-4H3,(H,51,59)(H,52,58)(H,53,60)(H,54,63)(H4,47,48,49)/t27-,32-,33+,34-,35-,36+/m0/s1. The van der Waals surface area contributed by atoms with Crippen LogP contribution in [0.2, 0.25) is 0 Å². The van der Waals surface area contributed by atoms with E-state index in [1.807, 2.05) is 54.6 Å². The van der Waals surface area contributed by atoms with Gasteiger partial charge in [0.15, 0.2) is 11.7 Å². The van der Waals surface area contributed by atoms with Gasteiger partial charge < -0.3 is 58.0 Å². The summed E-state index contributed by atoms with van der Waals surface area (Å²) in [6, 6.07) is 10.4. The Balaban J connectivity index is 1.38. The highest BCUT2D eigenvalue weighted by molar-refractivity contribution is 5.98. The van der Waals surface area contributed by atoms with E-state index in [1.54, 1.807) is 27.0 Å². The van der Waals surface area contributed by atoms with Crippen LogP contribution in [0.4, 0.5) is 4.79 Å². The van der Waals surface area contributed by atoms with Crippen molar-refractivity contribution in [3.63, 3.8) is 0 Å². The number of ether oxygens (including phenoxy) is 1. The van der Waals surface area contributed by atoms with Crippen molar-refractivity contribution in [2.24, 2.45) is 22.2 Å². The van der Waals surface area contributed by atoms with Gasteiger partial charge >= 0.3 is 6.09 Å². The third-order valence-corrected chi connectivity index (χ3v) is 11.3. The topological polar surface area (TPSA) is 290 Å². The molecule has 5 rings (SSSR count). The Bertz CT molecular complexity index is 2170. The normalized spacial score (nSPS) is 18.0. The number of ketones is 1. The number of aliphatic imine (C=N–C) groups is 1. The van der Waals surface area contributed by atoms with Gasteiger partial charge in [0.25, 0.3) is 0 Å². The first-order chi connectivity index (χ1) is 30.4. The van der Waals surface area contributed by atoms with E-state index in [2.05, 4.69) is 31.2 Å². The third-order valence-electron chi connectivity index (χ3n) is 11.3. The van der Waals surface area contributed by atoms with E-state index < -0.39 is 71.6 Å². The number of amides is 6. The average molecular weight is 886 g/mol. The quantitative estimate of drug-likeness (QED) is 0.0475. The van der Waals surface area contributed by atoms with Crippen molar-refractivity contribution in [3.05, 3.63) is 71.9 Å². The molecule has 0 spiro atoms. The van der Waals surface area contributed by atoms with Gasteiger partial charge in [0.2, 0.25) is 29.5 Å². The average Bonchev–Trinajstić information content (AvgIpc) is 4.04. The van der Waals surface area contributed by atoms with Crippen molar-refractivity contribution < 1.29 is 38.3 Å². The van der Waals surface area contributed by atoms with Gasteiger partial charge in [0.1, 0.15) is 35.8 Å². The van der Waals surface area contributed by atoms with E-state index in [-0.39, 0.29) is 56.5 Å². The zero-order valence-corrected chi connectivity index (χ0v) is 37.1. The van der Waals surface area contributed by atoms with Gasteiger partial charge in [-0.05, 0) is 83.4 Å². The molecule has 64 heavy (non-hydrogen) atoms. The Labute approximate surface area is 373 Å². The number of aromatic nitrogens is 1. The molecule has 0 saturated carbocycles. The van der Waals surface area contributed by atoms with E-state index >= 15 is 0 Å². The first-order valence-electron chi connectivity index (χ1n) is 21.8. The molecule has 0 radical (unpaired) electrons. The number of hydrogen-bond donors (Lipinski definition) is 8. The van der Waals surface area contributed by atoms with Crippen LogP contribution in [0, 0.1) is 0 Å². The number of nitrogens with one attached hydrogen (secondary N) is 5. The number of alkyl carbamates (subject to hydrolysis) is 1. The summed E-state index contributed by atoms with van der Waals surface area (Å²) in [5.41, 5.74) is 18.0. The second-order valence-corrected chi connectivity index (χ2v) is 17.3. The molecule has 3 aromatic rings. The van der Waals surface area contributed by atoms with Crippen molar-refractivity contribution in [2.75, 3.05) is 26.2 Å². The number of nitrogens with two attached hydrogens (primary N) is 3. The minimum absolute atomic E-state index is 0.00153. The van der Waals surface area contributed by atoms with Crippen LogP contribution in [0.5, 0.6) is 0 Å². The molecule has 2 aliphatic heterocycles. The zero-order valence-electron chi connectivity index (χ0n) is 37.1. The van der Waals surface area contributed by atoms with Gasteiger partial charge in [-0.15, -0.1) is 0 Å². The molecule has 2 aromatic carbocycles. The number of carbonyl (C=O) groups excluding carboxylic acids is 7. The molecule has 2 fully saturated rings. The number of carbonyl (C=O) groups is 7. The molecule has 0 unspecified atom stereocenters. The molecular weight excluding hydrogens is 823 g/mol. The van der Waals surface area contributed by atoms with Gasteiger partial charge in [-0.3, -0.25) is 33.8 Å². The van der Waals surface area contributed by atoms with Crippen LogP contribution in [0.25, 0.3) is 10.9 Å². The summed E-state index contributed by atoms with van der Waals surface area (Å²) in [5, 5.41) is 11.7. The fourth-order valence-electron chi connectivity index (χ4n) is 8.13. The van der Waals surface area contributed by atoms with Gasteiger partial charge in [0, 0.05) is 49.6 Å². The number of aromatic amines is 1. The lowest BCUT2D eigenvalue weighted by molar-refractivity contribution is -0.147. The molecule has 19 nitrogen and oxygen atoms in total. The van der Waals surface area contributed by atoms with Gasteiger partial charge in [-0.1, -0.05) is 48.5 Å². The van der Waals surface area contributed by atoms with Crippen LogP contribution in [-0.4, -0.2) is 130 Å². The van der Waals surface area contributed by atoms with E-state index in [0.29, 0.717) is 44.2 Å². The first-order valence-corrected chi connectivity index (χ1v) is 21.8. The van der Waals surface area contributed by atoms with Crippen molar-refractivity contribution in [1.29, 1.82) is 0 Å². The predicted molar refractivity (Wildman–Crippen MR) is 240 cm³/mol. The highest BCUT2D eigenvalue weighted by Gasteiger charge is 2.43. The molecule has 6 amide bonds. The number of hydrogen-bond acceptors (Lipinski definition) is 10. The fraction of sp³-hybridized carbons (Fsp3) is 0.511. The van der Waals surface area contributed by atoms with Crippen LogP contribution in [0.3, 0.4) is 0 Å². The second-order valence-electron chi connectivity index (χ2n) is 17.3. The molecule has 346 valence electrons. The van der Waals surface area contributed by atoms with E-state index in [9.17, 15) is 33.6 Å². The van der Waals surface area contributed by atoms with Crippen LogP contribution in [0.15, 0.2) is 65.8 Å². The minimum atomic E-state index is -1.25. The van der Waals surface area contributed by atoms with Crippen molar-refractivity contribution in [3.8, 4) is 0 Å². The number of nitrogens with zero attached hydrogens (tertiary/aromatic N) is 3. The monoisotopic (exact) mass is 885 g/mol. The van der Waals surface area contributed by atoms with Gasteiger partial charge in [-0.25, -0.2) is 4.79 Å². The lowest BCUT2D eigenvalue weighted by Gasteiger charge is -2.33. The molecule has 6 atom stereocenters. The van der Waals surface area contributed by atoms with Gasteiger partial charge in [-0.2, -0.15) is 0 Å². The lowest BCUT2D eigenvalue weighted by atomic mass is 10.0.